The van der Waals surface area contributed by atoms with E-state index in [4.69, 9.17) is 18.9 Å². The molecule has 4 nitrogen and oxygen atoms in total. The molecule has 3 rings (SSSR count). The molecule has 0 atom stereocenters. The number of fused-ring (bicyclic) bond motifs is 2. The minimum Gasteiger partial charge on any atom is -0.490 e. The molecule has 0 heterocycles. The Bertz CT molecular complexity index is 1880. The van der Waals surface area contributed by atoms with Gasteiger partial charge in [-0.05, 0) is 48.6 Å². The van der Waals surface area contributed by atoms with Crippen molar-refractivity contribution in [1.82, 2.24) is 0 Å². The van der Waals surface area contributed by atoms with Crippen molar-refractivity contribution in [3.05, 3.63) is 68.1 Å². The highest BCUT2D eigenvalue weighted by atomic mass is 16.5. The summed E-state index contributed by atoms with van der Waals surface area (Å²) in [5.74, 6) is 2.94. The predicted molar refractivity (Wildman–Crippen MR) is 308 cm³/mol. The molecule has 0 saturated heterocycles. The predicted octanol–water partition coefficient (Wildman–Crippen LogP) is 17.8. The van der Waals surface area contributed by atoms with Gasteiger partial charge >= 0.3 is 0 Å². The molecule has 400 valence electrons. The summed E-state index contributed by atoms with van der Waals surface area (Å²) in [6.07, 6.45) is 51.6. The van der Waals surface area contributed by atoms with Crippen molar-refractivity contribution < 1.29 is 18.9 Å². The summed E-state index contributed by atoms with van der Waals surface area (Å²) in [5.41, 5.74) is 26.0. The third kappa shape index (κ3) is 31.5. The summed E-state index contributed by atoms with van der Waals surface area (Å²) in [4.78, 5) is 0. The van der Waals surface area contributed by atoms with Crippen LogP contribution in [0.5, 0.6) is 23.0 Å². The van der Waals surface area contributed by atoms with Gasteiger partial charge in [0.15, 0.2) is 23.0 Å². The first-order valence-corrected chi connectivity index (χ1v) is 30.6. The Hall–Kier alpha value is -4.12. The Morgan fingerprint density at radius 1 is 0.222 bits per heavy atom. The van der Waals surface area contributed by atoms with Crippen LogP contribution in [-0.4, -0.2) is 26.4 Å². The van der Waals surface area contributed by atoms with Crippen molar-refractivity contribution in [2.24, 2.45) is 0 Å². The molecule has 2 aromatic rings. The van der Waals surface area contributed by atoms with Crippen LogP contribution in [0.1, 0.15) is 285 Å². The number of hydrogen-bond acceptors (Lipinski definition) is 4. The SMILES string of the molecule is CCCCCCCCCCCCOc1cc2c(cc1OCCCCCCCCCCCC)=C=C=C=C=c1cc(OCCCCCCCCCCCC)c(OCCCCCCCCCCCC)cc1=C=C=C=C=2. The fourth-order valence-corrected chi connectivity index (χ4v) is 9.47. The van der Waals surface area contributed by atoms with Crippen molar-refractivity contribution in [2.45, 2.75) is 285 Å². The lowest BCUT2D eigenvalue weighted by Crippen LogP contribution is -2.23. The highest BCUT2D eigenvalue weighted by Gasteiger charge is 2.10. The van der Waals surface area contributed by atoms with Crippen LogP contribution < -0.4 is 39.8 Å². The molecule has 72 heavy (non-hydrogen) atoms. The normalized spacial score (nSPS) is 11.3. The minimum absolute atomic E-state index is 0.652. The van der Waals surface area contributed by atoms with Crippen LogP contribution in [0.3, 0.4) is 0 Å². The quantitative estimate of drug-likeness (QED) is 0.0417. The monoisotopic (exact) mass is 985 g/mol. The van der Waals surface area contributed by atoms with E-state index < -0.39 is 0 Å². The first-order valence-electron chi connectivity index (χ1n) is 30.6. The molecule has 0 aromatic heterocycles. The van der Waals surface area contributed by atoms with E-state index in [2.05, 4.69) is 73.5 Å². The standard InChI is InChI=1S/C68H104O4/c1-5-9-13-17-21-25-29-33-37-45-53-69-65-57-61-49-41-42-51-63-59-67(71-55-47-39-35-31-27-23-19-15-11-7-3)68(72-56-48-40-36-32-28-24-20-16-12-8-4)60-64(63)52-44-43-50-62(61)58-66(65)70-54-46-38-34-30-26-22-18-14-10-6-2/h57-60H,5-40,45-48,53-56H2,1-4H3. The van der Waals surface area contributed by atoms with E-state index in [0.29, 0.717) is 26.4 Å². The molecular formula is C68H104O4. The van der Waals surface area contributed by atoms with Crippen LogP contribution in [-0.2, 0) is 0 Å². The van der Waals surface area contributed by atoms with Gasteiger partial charge in [0, 0.05) is 45.1 Å². The van der Waals surface area contributed by atoms with Crippen molar-refractivity contribution in [2.75, 3.05) is 26.4 Å². The van der Waals surface area contributed by atoms with Gasteiger partial charge in [-0.3, -0.25) is 0 Å². The molecule has 0 saturated carbocycles. The summed E-state index contributed by atoms with van der Waals surface area (Å²) >= 11 is 0. The van der Waals surface area contributed by atoms with Gasteiger partial charge in [-0.15, -0.1) is 0 Å². The molecule has 2 aromatic carbocycles. The van der Waals surface area contributed by atoms with E-state index in [0.717, 1.165) is 69.6 Å². The van der Waals surface area contributed by atoms with Crippen molar-refractivity contribution in [1.29, 1.82) is 0 Å². The van der Waals surface area contributed by atoms with Gasteiger partial charge in [-0.25, -0.2) is 0 Å². The van der Waals surface area contributed by atoms with E-state index in [-0.39, 0.29) is 0 Å². The van der Waals surface area contributed by atoms with Crippen molar-refractivity contribution in [3.63, 3.8) is 0 Å². The van der Waals surface area contributed by atoms with Crippen LogP contribution in [0.15, 0.2) is 47.2 Å². The number of benzene rings is 2. The second kappa shape index (κ2) is 45.5. The molecule has 0 N–H and O–H groups in total. The molecule has 0 unspecified atom stereocenters. The largest absolute Gasteiger partial charge is 0.490 e. The minimum atomic E-state index is 0.652. The van der Waals surface area contributed by atoms with Gasteiger partial charge in [0.05, 0.1) is 26.4 Å². The zero-order valence-corrected chi connectivity index (χ0v) is 47.1. The van der Waals surface area contributed by atoms with Crippen LogP contribution >= 0.6 is 0 Å². The average Bonchev–Trinajstić information content (AvgIpc) is 3.39. The Morgan fingerprint density at radius 2 is 0.375 bits per heavy atom. The van der Waals surface area contributed by atoms with Crippen LogP contribution in [0.2, 0.25) is 0 Å². The van der Waals surface area contributed by atoms with Crippen molar-refractivity contribution in [3.8, 4) is 23.0 Å². The summed E-state index contributed by atoms with van der Waals surface area (Å²) < 4.78 is 26.0. The van der Waals surface area contributed by atoms with Crippen LogP contribution in [0.4, 0.5) is 0 Å². The summed E-state index contributed by atoms with van der Waals surface area (Å²) in [5, 5.41) is 3.11. The Kier molecular flexibility index (Phi) is 39.3. The maximum absolute atomic E-state index is 6.49. The highest BCUT2D eigenvalue weighted by molar-refractivity contribution is 5.47. The Balaban J connectivity index is 1.83. The van der Waals surface area contributed by atoms with Crippen molar-refractivity contribution >= 4 is 22.9 Å². The Morgan fingerprint density at radius 3 is 0.542 bits per heavy atom. The highest BCUT2D eigenvalue weighted by Crippen LogP contribution is 2.26. The molecule has 4 heteroatoms. The summed E-state index contributed by atoms with van der Waals surface area (Å²) in [6.45, 7) is 11.7. The molecule has 0 aliphatic heterocycles. The van der Waals surface area contributed by atoms with Gasteiger partial charge in [-0.1, -0.05) is 282 Å². The molecule has 0 fully saturated rings. The third-order valence-corrected chi connectivity index (χ3v) is 14.1. The molecule has 1 aliphatic carbocycles. The van der Waals surface area contributed by atoms with Gasteiger partial charge in [0.2, 0.25) is 0 Å². The molecule has 0 radical (unpaired) electrons. The molecule has 0 spiro atoms. The average molecular weight is 986 g/mol. The molecule has 0 amide bonds. The van der Waals surface area contributed by atoms with Gasteiger partial charge in [-0.2, -0.15) is 0 Å². The second-order valence-electron chi connectivity index (χ2n) is 20.8. The van der Waals surface area contributed by atoms with E-state index in [1.54, 1.807) is 0 Å². The van der Waals surface area contributed by atoms with Crippen LogP contribution in [0, 0.1) is 0 Å². The first kappa shape index (κ1) is 62.2. The zero-order valence-electron chi connectivity index (χ0n) is 47.1. The number of unbranched alkanes of at least 4 members (excludes halogenated alkanes) is 36. The number of hydrogen-bond donors (Lipinski definition) is 0. The Labute approximate surface area is 441 Å². The number of ether oxygens (including phenoxy) is 4. The lowest BCUT2D eigenvalue weighted by molar-refractivity contribution is 0.258. The van der Waals surface area contributed by atoms with Crippen LogP contribution in [0.25, 0.3) is 22.9 Å². The van der Waals surface area contributed by atoms with Gasteiger partial charge < -0.3 is 18.9 Å². The zero-order chi connectivity index (χ0) is 51.0. The molecular weight excluding hydrogens is 881 g/mol. The van der Waals surface area contributed by atoms with Gasteiger partial charge in [0.25, 0.3) is 0 Å². The summed E-state index contributed by atoms with van der Waals surface area (Å²) in [7, 11) is 0. The maximum Gasteiger partial charge on any atom is 0.162 e. The van der Waals surface area contributed by atoms with E-state index in [1.165, 1.54) is 231 Å². The molecule has 0 bridgehead atoms. The number of rotatable bonds is 48. The maximum atomic E-state index is 6.49. The van der Waals surface area contributed by atoms with E-state index in [9.17, 15) is 0 Å². The topological polar surface area (TPSA) is 36.9 Å². The third-order valence-electron chi connectivity index (χ3n) is 14.1. The lowest BCUT2D eigenvalue weighted by atomic mass is 10.1. The fourth-order valence-electron chi connectivity index (χ4n) is 9.47. The second-order valence-corrected chi connectivity index (χ2v) is 20.8. The van der Waals surface area contributed by atoms with E-state index >= 15 is 0 Å². The fraction of sp³-hybridized carbons (Fsp3) is 0.706. The smallest absolute Gasteiger partial charge is 0.162 e. The molecule has 1 aliphatic rings. The van der Waals surface area contributed by atoms with E-state index in [1.807, 2.05) is 24.3 Å². The summed E-state index contributed by atoms with van der Waals surface area (Å²) in [6, 6.07) is 8.03. The van der Waals surface area contributed by atoms with Gasteiger partial charge in [0.1, 0.15) is 0 Å². The lowest BCUT2D eigenvalue weighted by Gasteiger charge is -2.13. The first-order chi connectivity index (χ1) is 35.7.